The van der Waals surface area contributed by atoms with Crippen molar-refractivity contribution in [2.24, 2.45) is 0 Å². The van der Waals surface area contributed by atoms with Crippen LogP contribution < -0.4 is 14.4 Å². The van der Waals surface area contributed by atoms with Crippen LogP contribution in [0.3, 0.4) is 0 Å². The Labute approximate surface area is 207 Å². The van der Waals surface area contributed by atoms with E-state index in [9.17, 15) is 22.4 Å². The number of hydrogen-bond acceptors (Lipinski definition) is 5. The molecule has 2 rings (SSSR count). The number of nitrogens with zero attached hydrogens (tertiary/aromatic N) is 2. The minimum Gasteiger partial charge on any atom is -0.497 e. The van der Waals surface area contributed by atoms with Crippen LogP contribution in [0.25, 0.3) is 0 Å². The van der Waals surface area contributed by atoms with Gasteiger partial charge in [-0.05, 0) is 57.0 Å². The van der Waals surface area contributed by atoms with Crippen molar-refractivity contribution in [3.63, 3.8) is 0 Å². The smallest absolute Gasteiger partial charge is 0.242 e. The maximum atomic E-state index is 14.2. The SMILES string of the molecule is COc1ccc(CN(C(=O)CCCN(c2ccccc2F)S(C)(=O)=O)[C@H](C)C(=O)NC(C)C)cc1. The maximum absolute atomic E-state index is 14.2. The number of nitrogens with one attached hydrogen (secondary N) is 1. The molecule has 0 aliphatic heterocycles. The van der Waals surface area contributed by atoms with E-state index in [-0.39, 0.29) is 49.5 Å². The third-order valence-corrected chi connectivity index (χ3v) is 6.56. The molecule has 2 aromatic rings. The Morgan fingerprint density at radius 3 is 2.23 bits per heavy atom. The van der Waals surface area contributed by atoms with Crippen molar-refractivity contribution in [1.82, 2.24) is 10.2 Å². The third kappa shape index (κ3) is 8.24. The summed E-state index contributed by atoms with van der Waals surface area (Å²) in [6.45, 7) is 5.44. The molecule has 8 nitrogen and oxygen atoms in total. The van der Waals surface area contributed by atoms with Crippen LogP contribution in [-0.4, -0.2) is 57.1 Å². The summed E-state index contributed by atoms with van der Waals surface area (Å²) in [4.78, 5) is 27.4. The van der Waals surface area contributed by atoms with Crippen LogP contribution in [0.2, 0.25) is 0 Å². The van der Waals surface area contributed by atoms with E-state index in [4.69, 9.17) is 4.74 Å². The Bertz CT molecular complexity index is 1110. The molecule has 0 saturated carbocycles. The van der Waals surface area contributed by atoms with Gasteiger partial charge >= 0.3 is 0 Å². The fourth-order valence-corrected chi connectivity index (χ4v) is 4.52. The summed E-state index contributed by atoms with van der Waals surface area (Å²) < 4.78 is 45.0. The van der Waals surface area contributed by atoms with Gasteiger partial charge in [-0.3, -0.25) is 13.9 Å². The first-order valence-electron chi connectivity index (χ1n) is 11.4. The molecule has 0 aliphatic carbocycles. The van der Waals surface area contributed by atoms with Gasteiger partial charge in [-0.2, -0.15) is 0 Å². The van der Waals surface area contributed by atoms with E-state index in [1.165, 1.54) is 23.1 Å². The molecule has 2 aromatic carbocycles. The number of sulfonamides is 1. The summed E-state index contributed by atoms with van der Waals surface area (Å²) in [5.74, 6) is -0.587. The number of para-hydroxylation sites is 1. The first-order valence-corrected chi connectivity index (χ1v) is 13.2. The van der Waals surface area contributed by atoms with Crippen molar-refractivity contribution >= 4 is 27.5 Å². The number of methoxy groups -OCH3 is 1. The summed E-state index contributed by atoms with van der Waals surface area (Å²) in [5, 5.41) is 2.82. The molecule has 0 bridgehead atoms. The minimum atomic E-state index is -3.76. The number of rotatable bonds is 12. The highest BCUT2D eigenvalue weighted by molar-refractivity contribution is 7.92. The van der Waals surface area contributed by atoms with Crippen molar-refractivity contribution in [2.75, 3.05) is 24.2 Å². The van der Waals surface area contributed by atoms with Crippen LogP contribution in [0, 0.1) is 5.82 Å². The highest BCUT2D eigenvalue weighted by Crippen LogP contribution is 2.22. The van der Waals surface area contributed by atoms with Gasteiger partial charge in [0.05, 0.1) is 19.1 Å². The lowest BCUT2D eigenvalue weighted by atomic mass is 10.1. The Balaban J connectivity index is 2.18. The van der Waals surface area contributed by atoms with E-state index < -0.39 is 21.9 Å². The van der Waals surface area contributed by atoms with Gasteiger partial charge in [0, 0.05) is 25.6 Å². The fraction of sp³-hybridized carbons (Fsp3) is 0.440. The van der Waals surface area contributed by atoms with Crippen molar-refractivity contribution in [3.05, 3.63) is 59.9 Å². The van der Waals surface area contributed by atoms with Gasteiger partial charge in [-0.1, -0.05) is 24.3 Å². The molecule has 0 unspecified atom stereocenters. The minimum absolute atomic E-state index is 0.0179. The monoisotopic (exact) mass is 507 g/mol. The lowest BCUT2D eigenvalue weighted by Gasteiger charge is -2.30. The molecule has 10 heteroatoms. The van der Waals surface area contributed by atoms with E-state index in [0.29, 0.717) is 5.75 Å². The molecular weight excluding hydrogens is 473 g/mol. The number of benzene rings is 2. The Kier molecular flexibility index (Phi) is 10.1. The van der Waals surface area contributed by atoms with Gasteiger partial charge in [0.1, 0.15) is 17.6 Å². The summed E-state index contributed by atoms with van der Waals surface area (Å²) >= 11 is 0. The molecule has 0 spiro atoms. The number of carbonyl (C=O) groups is 2. The summed E-state index contributed by atoms with van der Waals surface area (Å²) in [7, 11) is -2.20. The Hall–Kier alpha value is -3.14. The first kappa shape index (κ1) is 28.1. The van der Waals surface area contributed by atoms with Gasteiger partial charge < -0.3 is 15.0 Å². The normalized spacial score (nSPS) is 12.2. The molecular formula is C25H34FN3O5S. The largest absolute Gasteiger partial charge is 0.497 e. The maximum Gasteiger partial charge on any atom is 0.242 e. The fourth-order valence-electron chi connectivity index (χ4n) is 3.55. The molecule has 0 aliphatic rings. The Morgan fingerprint density at radius 1 is 1.06 bits per heavy atom. The average Bonchev–Trinajstić information content (AvgIpc) is 2.79. The summed E-state index contributed by atoms with van der Waals surface area (Å²) in [6.07, 6.45) is 1.13. The van der Waals surface area contributed by atoms with Gasteiger partial charge in [0.2, 0.25) is 21.8 Å². The molecule has 192 valence electrons. The predicted octanol–water partition coefficient (Wildman–Crippen LogP) is 3.32. The van der Waals surface area contributed by atoms with Crippen molar-refractivity contribution in [2.45, 2.75) is 52.2 Å². The molecule has 2 amide bonds. The second-order valence-corrected chi connectivity index (χ2v) is 10.5. The Morgan fingerprint density at radius 2 is 1.69 bits per heavy atom. The predicted molar refractivity (Wildman–Crippen MR) is 134 cm³/mol. The summed E-state index contributed by atoms with van der Waals surface area (Å²) in [5.41, 5.74) is 0.745. The summed E-state index contributed by atoms with van der Waals surface area (Å²) in [6, 6.07) is 11.9. The molecule has 0 fully saturated rings. The molecule has 0 saturated heterocycles. The van der Waals surface area contributed by atoms with Crippen LogP contribution in [0.15, 0.2) is 48.5 Å². The zero-order valence-corrected chi connectivity index (χ0v) is 21.6. The van der Waals surface area contributed by atoms with E-state index in [1.807, 2.05) is 26.0 Å². The van der Waals surface area contributed by atoms with Crippen molar-refractivity contribution in [3.8, 4) is 5.75 Å². The quantitative estimate of drug-likeness (QED) is 0.476. The van der Waals surface area contributed by atoms with Crippen LogP contribution in [0.4, 0.5) is 10.1 Å². The van der Waals surface area contributed by atoms with Crippen LogP contribution in [-0.2, 0) is 26.2 Å². The van der Waals surface area contributed by atoms with Crippen molar-refractivity contribution in [1.29, 1.82) is 0 Å². The average molecular weight is 508 g/mol. The number of amides is 2. The molecule has 1 N–H and O–H groups in total. The standard InChI is InChI=1S/C25H34FN3O5S/c1-18(2)27-25(31)19(3)28(17-20-12-14-21(34-4)15-13-20)24(30)11-8-16-29(35(5,32)33)23-10-7-6-9-22(23)26/h6-7,9-10,12-15,18-19H,8,11,16-17H2,1-5H3,(H,27,31)/t19-/m1/s1. The second-order valence-electron chi connectivity index (χ2n) is 8.60. The van der Waals surface area contributed by atoms with Crippen LogP contribution in [0.5, 0.6) is 5.75 Å². The second kappa shape index (κ2) is 12.5. The molecule has 0 aromatic heterocycles. The molecule has 0 heterocycles. The number of halogens is 1. The molecule has 35 heavy (non-hydrogen) atoms. The first-order chi connectivity index (χ1) is 16.4. The highest BCUT2D eigenvalue weighted by Gasteiger charge is 2.27. The van der Waals surface area contributed by atoms with Gasteiger partial charge in [0.15, 0.2) is 0 Å². The lowest BCUT2D eigenvalue weighted by Crippen LogP contribution is -2.49. The number of hydrogen-bond donors (Lipinski definition) is 1. The number of ether oxygens (including phenoxy) is 1. The van der Waals surface area contributed by atoms with Crippen molar-refractivity contribution < 1.29 is 27.1 Å². The van der Waals surface area contributed by atoms with E-state index >= 15 is 0 Å². The number of anilines is 1. The molecule has 0 radical (unpaired) electrons. The van der Waals surface area contributed by atoms with Gasteiger partial charge in [0.25, 0.3) is 0 Å². The van der Waals surface area contributed by atoms with Crippen LogP contribution >= 0.6 is 0 Å². The van der Waals surface area contributed by atoms with E-state index in [1.54, 1.807) is 32.2 Å². The van der Waals surface area contributed by atoms with E-state index in [0.717, 1.165) is 16.1 Å². The third-order valence-electron chi connectivity index (χ3n) is 5.38. The zero-order chi connectivity index (χ0) is 26.2. The topological polar surface area (TPSA) is 96.0 Å². The molecule has 1 atom stereocenters. The highest BCUT2D eigenvalue weighted by atomic mass is 32.2. The number of carbonyl (C=O) groups excluding carboxylic acids is 2. The van der Waals surface area contributed by atoms with E-state index in [2.05, 4.69) is 5.32 Å². The van der Waals surface area contributed by atoms with Gasteiger partial charge in [-0.15, -0.1) is 0 Å². The van der Waals surface area contributed by atoms with Gasteiger partial charge in [-0.25, -0.2) is 12.8 Å². The lowest BCUT2D eigenvalue weighted by molar-refractivity contribution is -0.140. The zero-order valence-electron chi connectivity index (χ0n) is 20.8. The van der Waals surface area contributed by atoms with Crippen LogP contribution in [0.1, 0.15) is 39.2 Å².